The SMILES string of the molecule is CCCCNC(=O)Nc1cc(Cl)ccc1C(N)=S. The first-order valence-electron chi connectivity index (χ1n) is 5.68. The van der Waals surface area contributed by atoms with E-state index >= 15 is 0 Å². The highest BCUT2D eigenvalue weighted by Gasteiger charge is 2.09. The lowest BCUT2D eigenvalue weighted by atomic mass is 10.2. The van der Waals surface area contributed by atoms with Gasteiger partial charge in [0, 0.05) is 17.1 Å². The van der Waals surface area contributed by atoms with Crippen LogP contribution in [0.15, 0.2) is 18.2 Å². The van der Waals surface area contributed by atoms with Crippen LogP contribution in [0.2, 0.25) is 5.02 Å². The smallest absolute Gasteiger partial charge is 0.319 e. The van der Waals surface area contributed by atoms with E-state index in [1.807, 2.05) is 0 Å². The number of hydrogen-bond donors (Lipinski definition) is 3. The number of halogens is 1. The molecule has 0 bridgehead atoms. The molecule has 0 aliphatic rings. The van der Waals surface area contributed by atoms with Crippen LogP contribution in [-0.2, 0) is 0 Å². The Hall–Kier alpha value is -1.33. The fourth-order valence-corrected chi connectivity index (χ4v) is 1.73. The highest BCUT2D eigenvalue weighted by Crippen LogP contribution is 2.20. The lowest BCUT2D eigenvalue weighted by Gasteiger charge is -2.11. The predicted octanol–water partition coefficient (Wildman–Crippen LogP) is 2.90. The molecular formula is C12H16ClN3OS. The van der Waals surface area contributed by atoms with Gasteiger partial charge in [0.2, 0.25) is 0 Å². The van der Waals surface area contributed by atoms with Gasteiger partial charge in [0.15, 0.2) is 0 Å². The fraction of sp³-hybridized carbons (Fsp3) is 0.333. The minimum atomic E-state index is -0.289. The van der Waals surface area contributed by atoms with E-state index in [-0.39, 0.29) is 11.0 Å². The molecule has 1 aromatic rings. The van der Waals surface area contributed by atoms with Crippen LogP contribution in [0.25, 0.3) is 0 Å². The second-order valence-corrected chi connectivity index (χ2v) is 4.66. The number of rotatable bonds is 5. The van der Waals surface area contributed by atoms with Gasteiger partial charge in [0.1, 0.15) is 4.99 Å². The Bertz CT molecular complexity index is 451. The molecule has 0 aromatic heterocycles. The molecule has 0 aliphatic heterocycles. The van der Waals surface area contributed by atoms with Crippen molar-refractivity contribution in [1.82, 2.24) is 5.32 Å². The number of urea groups is 1. The lowest BCUT2D eigenvalue weighted by Crippen LogP contribution is -2.30. The molecule has 0 heterocycles. The van der Waals surface area contributed by atoms with Gasteiger partial charge < -0.3 is 16.4 Å². The van der Waals surface area contributed by atoms with Crippen molar-refractivity contribution in [3.63, 3.8) is 0 Å². The van der Waals surface area contributed by atoms with Crippen molar-refractivity contribution < 1.29 is 4.79 Å². The van der Waals surface area contributed by atoms with Crippen molar-refractivity contribution in [2.24, 2.45) is 5.73 Å². The molecule has 0 spiro atoms. The van der Waals surface area contributed by atoms with E-state index in [4.69, 9.17) is 29.6 Å². The molecule has 1 rings (SSSR count). The third kappa shape index (κ3) is 4.50. The van der Waals surface area contributed by atoms with E-state index in [0.29, 0.717) is 22.8 Å². The molecule has 0 atom stereocenters. The molecule has 4 N–H and O–H groups in total. The van der Waals surface area contributed by atoms with Crippen molar-refractivity contribution >= 4 is 40.5 Å². The van der Waals surface area contributed by atoms with E-state index in [0.717, 1.165) is 12.8 Å². The molecule has 18 heavy (non-hydrogen) atoms. The molecule has 4 nitrogen and oxygen atoms in total. The Morgan fingerprint density at radius 2 is 2.22 bits per heavy atom. The molecule has 0 saturated carbocycles. The summed E-state index contributed by atoms with van der Waals surface area (Å²) in [5, 5.41) is 5.94. The number of amides is 2. The van der Waals surface area contributed by atoms with E-state index in [1.54, 1.807) is 18.2 Å². The highest BCUT2D eigenvalue weighted by molar-refractivity contribution is 7.80. The summed E-state index contributed by atoms with van der Waals surface area (Å²) in [4.78, 5) is 11.8. The van der Waals surface area contributed by atoms with Crippen molar-refractivity contribution in [2.45, 2.75) is 19.8 Å². The molecule has 0 unspecified atom stereocenters. The average Bonchev–Trinajstić information content (AvgIpc) is 2.29. The third-order valence-electron chi connectivity index (χ3n) is 2.31. The van der Waals surface area contributed by atoms with Gasteiger partial charge >= 0.3 is 6.03 Å². The third-order valence-corrected chi connectivity index (χ3v) is 2.77. The summed E-state index contributed by atoms with van der Waals surface area (Å²) in [6.45, 7) is 2.69. The van der Waals surface area contributed by atoms with Crippen molar-refractivity contribution in [2.75, 3.05) is 11.9 Å². The summed E-state index contributed by atoms with van der Waals surface area (Å²) >= 11 is 10.8. The van der Waals surface area contributed by atoms with Crippen LogP contribution in [0, 0.1) is 0 Å². The van der Waals surface area contributed by atoms with Gasteiger partial charge in [-0.3, -0.25) is 0 Å². The maximum atomic E-state index is 11.6. The number of carbonyl (C=O) groups excluding carboxylic acids is 1. The van der Waals surface area contributed by atoms with Crippen LogP contribution in [0.4, 0.5) is 10.5 Å². The maximum absolute atomic E-state index is 11.6. The first kappa shape index (κ1) is 14.7. The van der Waals surface area contributed by atoms with Gasteiger partial charge in [-0.05, 0) is 24.6 Å². The fourth-order valence-electron chi connectivity index (χ4n) is 1.38. The Balaban J connectivity index is 2.73. The summed E-state index contributed by atoms with van der Waals surface area (Å²) in [7, 11) is 0. The minimum absolute atomic E-state index is 0.218. The maximum Gasteiger partial charge on any atom is 0.319 e. The number of hydrogen-bond acceptors (Lipinski definition) is 2. The molecule has 0 fully saturated rings. The van der Waals surface area contributed by atoms with Crippen LogP contribution in [0.5, 0.6) is 0 Å². The molecule has 2 amide bonds. The Morgan fingerprint density at radius 1 is 1.50 bits per heavy atom. The summed E-state index contributed by atoms with van der Waals surface area (Å²) in [6, 6.07) is 4.70. The topological polar surface area (TPSA) is 67.2 Å². The van der Waals surface area contributed by atoms with Gasteiger partial charge in [0.05, 0.1) is 5.69 Å². The zero-order valence-corrected chi connectivity index (χ0v) is 11.7. The van der Waals surface area contributed by atoms with Crippen LogP contribution in [0.1, 0.15) is 25.3 Å². The Kier molecular flexibility index (Phi) is 5.88. The molecule has 0 saturated heterocycles. The quantitative estimate of drug-likeness (QED) is 0.576. The lowest BCUT2D eigenvalue weighted by molar-refractivity contribution is 0.252. The molecule has 0 radical (unpaired) electrons. The number of nitrogens with two attached hydrogens (primary N) is 1. The van der Waals surface area contributed by atoms with E-state index in [1.165, 1.54) is 0 Å². The van der Waals surface area contributed by atoms with Gasteiger partial charge in [-0.2, -0.15) is 0 Å². The van der Waals surface area contributed by atoms with Gasteiger partial charge in [-0.25, -0.2) is 4.79 Å². The standard InChI is InChI=1S/C12H16ClN3OS/c1-2-3-6-15-12(17)16-10-7-8(13)4-5-9(10)11(14)18/h4-5,7H,2-3,6H2,1H3,(H2,14,18)(H2,15,16,17). The molecule has 1 aromatic carbocycles. The number of unbranched alkanes of at least 4 members (excludes halogenated alkanes) is 1. The zero-order chi connectivity index (χ0) is 13.5. The normalized spacial score (nSPS) is 9.89. The zero-order valence-electron chi connectivity index (χ0n) is 10.1. The number of nitrogens with one attached hydrogen (secondary N) is 2. The van der Waals surface area contributed by atoms with Crippen LogP contribution in [0.3, 0.4) is 0 Å². The van der Waals surface area contributed by atoms with E-state index in [2.05, 4.69) is 17.6 Å². The average molecular weight is 286 g/mol. The number of carbonyl (C=O) groups is 1. The second-order valence-electron chi connectivity index (χ2n) is 3.79. The number of thiocarbonyl (C=S) groups is 1. The van der Waals surface area contributed by atoms with E-state index in [9.17, 15) is 4.79 Å². The Labute approximate surface area is 117 Å². The van der Waals surface area contributed by atoms with Gasteiger partial charge in [-0.15, -0.1) is 0 Å². The molecule has 0 aliphatic carbocycles. The number of anilines is 1. The molecular weight excluding hydrogens is 270 g/mol. The summed E-state index contributed by atoms with van der Waals surface area (Å²) in [5.74, 6) is 0. The van der Waals surface area contributed by atoms with Crippen molar-refractivity contribution in [1.29, 1.82) is 0 Å². The second kappa shape index (κ2) is 7.18. The van der Waals surface area contributed by atoms with Crippen molar-refractivity contribution in [3.05, 3.63) is 28.8 Å². The van der Waals surface area contributed by atoms with E-state index < -0.39 is 0 Å². The molecule has 6 heteroatoms. The summed E-state index contributed by atoms with van der Waals surface area (Å²) in [5.41, 5.74) is 6.69. The first-order chi connectivity index (χ1) is 8.54. The van der Waals surface area contributed by atoms with Crippen LogP contribution in [-0.4, -0.2) is 17.6 Å². The van der Waals surface area contributed by atoms with Gasteiger partial charge in [0.25, 0.3) is 0 Å². The highest BCUT2D eigenvalue weighted by atomic mass is 35.5. The van der Waals surface area contributed by atoms with Crippen LogP contribution < -0.4 is 16.4 Å². The minimum Gasteiger partial charge on any atom is -0.389 e. The van der Waals surface area contributed by atoms with Crippen LogP contribution >= 0.6 is 23.8 Å². The summed E-state index contributed by atoms with van der Waals surface area (Å²) < 4.78 is 0. The Morgan fingerprint density at radius 3 is 2.83 bits per heavy atom. The largest absolute Gasteiger partial charge is 0.389 e. The van der Waals surface area contributed by atoms with Crippen molar-refractivity contribution in [3.8, 4) is 0 Å². The predicted molar refractivity (Wildman–Crippen MR) is 79.3 cm³/mol. The monoisotopic (exact) mass is 285 g/mol. The number of benzene rings is 1. The summed E-state index contributed by atoms with van der Waals surface area (Å²) in [6.07, 6.45) is 1.96. The van der Waals surface area contributed by atoms with Gasteiger partial charge in [-0.1, -0.05) is 37.2 Å². The molecule has 98 valence electrons. The first-order valence-corrected chi connectivity index (χ1v) is 6.47.